The molecule has 0 aromatic rings. The molecule has 4 nitrogen and oxygen atoms in total. The highest BCUT2D eigenvalue weighted by Gasteiger charge is 2.12. The van der Waals surface area contributed by atoms with Crippen LogP contribution < -0.4 is 11.1 Å². The van der Waals surface area contributed by atoms with Crippen molar-refractivity contribution in [1.82, 2.24) is 5.32 Å². The Morgan fingerprint density at radius 2 is 2.25 bits per heavy atom. The number of carbonyl (C=O) groups is 1. The van der Waals surface area contributed by atoms with Crippen molar-refractivity contribution in [1.29, 1.82) is 5.26 Å². The molecule has 0 aliphatic carbocycles. The van der Waals surface area contributed by atoms with Crippen molar-refractivity contribution in [2.24, 2.45) is 11.7 Å². The number of carbonyl (C=O) groups excluding carboxylic acids is 1. The van der Waals surface area contributed by atoms with E-state index >= 15 is 0 Å². The molecule has 1 amide bonds. The summed E-state index contributed by atoms with van der Waals surface area (Å²) in [4.78, 5) is 11.2. The van der Waals surface area contributed by atoms with Gasteiger partial charge in [0.2, 0.25) is 5.91 Å². The molecule has 3 N–H and O–H groups in total. The normalized spacial score (nSPS) is 14.5. The van der Waals surface area contributed by atoms with E-state index in [-0.39, 0.29) is 17.9 Å². The quantitative estimate of drug-likeness (QED) is 0.621. The maximum absolute atomic E-state index is 11.2. The third-order valence-electron chi connectivity index (χ3n) is 1.59. The topological polar surface area (TPSA) is 78.9 Å². The summed E-state index contributed by atoms with van der Waals surface area (Å²) in [6.45, 7) is 3.89. The van der Waals surface area contributed by atoms with Gasteiger partial charge < -0.3 is 11.1 Å². The number of rotatable bonds is 4. The van der Waals surface area contributed by atoms with Gasteiger partial charge in [0.1, 0.15) is 0 Å². The lowest BCUT2D eigenvalue weighted by molar-refractivity contribution is -0.124. The molecule has 0 aromatic heterocycles. The minimum atomic E-state index is -0.175. The second kappa shape index (κ2) is 5.56. The third kappa shape index (κ3) is 3.94. The SMILES string of the molecule is CC(CC#N)NC(=O)C(C)CN. The van der Waals surface area contributed by atoms with E-state index < -0.39 is 0 Å². The van der Waals surface area contributed by atoms with E-state index in [1.807, 2.05) is 6.07 Å². The first-order valence-corrected chi connectivity index (χ1v) is 3.99. The molecule has 0 aliphatic heterocycles. The monoisotopic (exact) mass is 169 g/mol. The van der Waals surface area contributed by atoms with Crippen molar-refractivity contribution in [3.05, 3.63) is 0 Å². The van der Waals surface area contributed by atoms with E-state index in [9.17, 15) is 4.79 Å². The van der Waals surface area contributed by atoms with Gasteiger partial charge in [0, 0.05) is 18.5 Å². The van der Waals surface area contributed by atoms with Gasteiger partial charge in [-0.2, -0.15) is 5.26 Å². The molecule has 0 saturated carbocycles. The van der Waals surface area contributed by atoms with Crippen LogP contribution in [0, 0.1) is 17.2 Å². The summed E-state index contributed by atoms with van der Waals surface area (Å²) in [5, 5.41) is 11.0. The van der Waals surface area contributed by atoms with Gasteiger partial charge >= 0.3 is 0 Å². The van der Waals surface area contributed by atoms with Crippen LogP contribution in [0.1, 0.15) is 20.3 Å². The smallest absolute Gasteiger partial charge is 0.224 e. The highest BCUT2D eigenvalue weighted by atomic mass is 16.1. The number of hydrogen-bond acceptors (Lipinski definition) is 3. The fourth-order valence-electron chi connectivity index (χ4n) is 0.680. The van der Waals surface area contributed by atoms with Crippen LogP contribution in [0.3, 0.4) is 0 Å². The molecule has 4 heteroatoms. The number of nitriles is 1. The predicted octanol–water partition coefficient (Wildman–Crippen LogP) is -0.000420. The largest absolute Gasteiger partial charge is 0.352 e. The average Bonchev–Trinajstić information content (AvgIpc) is 2.03. The molecule has 0 heterocycles. The minimum absolute atomic E-state index is 0.0831. The van der Waals surface area contributed by atoms with Crippen molar-refractivity contribution < 1.29 is 4.79 Å². The minimum Gasteiger partial charge on any atom is -0.352 e. The summed E-state index contributed by atoms with van der Waals surface area (Å²) < 4.78 is 0. The Balaban J connectivity index is 3.77. The Hall–Kier alpha value is -1.08. The van der Waals surface area contributed by atoms with E-state index in [0.717, 1.165) is 0 Å². The maximum Gasteiger partial charge on any atom is 0.224 e. The second-order valence-electron chi connectivity index (χ2n) is 2.91. The number of nitrogens with one attached hydrogen (secondary N) is 1. The van der Waals surface area contributed by atoms with Gasteiger partial charge in [0.05, 0.1) is 12.5 Å². The Bertz CT molecular complexity index is 185. The van der Waals surface area contributed by atoms with Gasteiger partial charge in [-0.05, 0) is 6.92 Å². The Morgan fingerprint density at radius 1 is 1.67 bits per heavy atom. The zero-order valence-corrected chi connectivity index (χ0v) is 7.50. The molecule has 0 bridgehead atoms. The van der Waals surface area contributed by atoms with Crippen molar-refractivity contribution in [2.45, 2.75) is 26.3 Å². The molecule has 0 saturated heterocycles. The summed E-state index contributed by atoms with van der Waals surface area (Å²) in [7, 11) is 0. The molecule has 0 spiro atoms. The van der Waals surface area contributed by atoms with Crippen molar-refractivity contribution in [3.8, 4) is 6.07 Å². The molecule has 12 heavy (non-hydrogen) atoms. The van der Waals surface area contributed by atoms with Gasteiger partial charge in [-0.3, -0.25) is 4.79 Å². The summed E-state index contributed by atoms with van der Waals surface area (Å²) in [5.74, 6) is -0.258. The van der Waals surface area contributed by atoms with Gasteiger partial charge in [-0.1, -0.05) is 6.92 Å². The number of nitrogens with two attached hydrogens (primary N) is 1. The van der Waals surface area contributed by atoms with Crippen LogP contribution in [0.25, 0.3) is 0 Å². The molecular formula is C8H15N3O. The first-order valence-electron chi connectivity index (χ1n) is 3.99. The van der Waals surface area contributed by atoms with Crippen LogP contribution >= 0.6 is 0 Å². The molecule has 0 fully saturated rings. The molecule has 68 valence electrons. The molecule has 0 rings (SSSR count). The number of amides is 1. The van der Waals surface area contributed by atoms with Crippen LogP contribution in [0.4, 0.5) is 0 Å². The first-order chi connectivity index (χ1) is 5.61. The number of hydrogen-bond donors (Lipinski definition) is 2. The summed E-state index contributed by atoms with van der Waals surface area (Å²) >= 11 is 0. The predicted molar refractivity (Wildman–Crippen MR) is 46.1 cm³/mol. The van der Waals surface area contributed by atoms with E-state index in [2.05, 4.69) is 5.32 Å². The van der Waals surface area contributed by atoms with Crippen LogP contribution in [-0.4, -0.2) is 18.5 Å². The lowest BCUT2D eigenvalue weighted by Gasteiger charge is -2.13. The first kappa shape index (κ1) is 10.9. The molecule has 0 aliphatic rings. The van der Waals surface area contributed by atoms with E-state index in [1.54, 1.807) is 13.8 Å². The zero-order chi connectivity index (χ0) is 9.56. The Labute approximate surface area is 72.7 Å². The lowest BCUT2D eigenvalue weighted by atomic mass is 10.1. The Morgan fingerprint density at radius 3 is 2.67 bits per heavy atom. The average molecular weight is 169 g/mol. The van der Waals surface area contributed by atoms with Crippen molar-refractivity contribution in [3.63, 3.8) is 0 Å². The van der Waals surface area contributed by atoms with Gasteiger partial charge in [-0.25, -0.2) is 0 Å². The van der Waals surface area contributed by atoms with Crippen LogP contribution in [0.5, 0.6) is 0 Å². The van der Waals surface area contributed by atoms with E-state index in [1.165, 1.54) is 0 Å². The molecular weight excluding hydrogens is 154 g/mol. The summed E-state index contributed by atoms with van der Waals surface area (Å²) in [6.07, 6.45) is 0.336. The number of nitrogens with zero attached hydrogens (tertiary/aromatic N) is 1. The lowest BCUT2D eigenvalue weighted by Crippen LogP contribution is -2.38. The third-order valence-corrected chi connectivity index (χ3v) is 1.59. The summed E-state index contributed by atoms with van der Waals surface area (Å²) in [5.41, 5.74) is 5.30. The molecule has 2 atom stereocenters. The maximum atomic E-state index is 11.2. The molecule has 0 aromatic carbocycles. The molecule has 2 unspecified atom stereocenters. The standard InChI is InChI=1S/C8H15N3O/c1-6(5-10)8(12)11-7(2)3-4-9/h6-7H,3,5,10H2,1-2H3,(H,11,12). The second-order valence-corrected chi connectivity index (χ2v) is 2.91. The van der Waals surface area contributed by atoms with Gasteiger partial charge in [-0.15, -0.1) is 0 Å². The van der Waals surface area contributed by atoms with Crippen molar-refractivity contribution >= 4 is 5.91 Å². The van der Waals surface area contributed by atoms with Gasteiger partial charge in [0.15, 0.2) is 0 Å². The van der Waals surface area contributed by atoms with Crippen molar-refractivity contribution in [2.75, 3.05) is 6.54 Å². The van der Waals surface area contributed by atoms with Crippen LogP contribution in [0.15, 0.2) is 0 Å². The van der Waals surface area contributed by atoms with E-state index in [0.29, 0.717) is 13.0 Å². The Kier molecular flexibility index (Phi) is 5.06. The highest BCUT2D eigenvalue weighted by molar-refractivity contribution is 5.78. The highest BCUT2D eigenvalue weighted by Crippen LogP contribution is 1.94. The van der Waals surface area contributed by atoms with Gasteiger partial charge in [0.25, 0.3) is 0 Å². The molecule has 0 radical (unpaired) electrons. The van der Waals surface area contributed by atoms with Crippen LogP contribution in [-0.2, 0) is 4.79 Å². The van der Waals surface area contributed by atoms with E-state index in [4.69, 9.17) is 11.0 Å². The fraction of sp³-hybridized carbons (Fsp3) is 0.750. The summed E-state index contributed by atoms with van der Waals surface area (Å²) in [6, 6.07) is 1.90. The fourth-order valence-corrected chi connectivity index (χ4v) is 0.680. The van der Waals surface area contributed by atoms with Crippen LogP contribution in [0.2, 0.25) is 0 Å². The zero-order valence-electron chi connectivity index (χ0n) is 7.50.